The molecule has 0 saturated heterocycles. The molecule has 0 aliphatic heterocycles. The van der Waals surface area contributed by atoms with E-state index in [2.05, 4.69) is 10.6 Å². The molecule has 1 fully saturated rings. The van der Waals surface area contributed by atoms with E-state index in [-0.39, 0.29) is 41.3 Å². The van der Waals surface area contributed by atoms with E-state index in [9.17, 15) is 9.59 Å². The Hall–Kier alpha value is -1.10. The summed E-state index contributed by atoms with van der Waals surface area (Å²) in [6.07, 6.45) is 0. The van der Waals surface area contributed by atoms with Crippen LogP contribution in [0.25, 0.3) is 0 Å². The van der Waals surface area contributed by atoms with Crippen molar-refractivity contribution in [3.05, 3.63) is 0 Å². The molecule has 0 aromatic rings. The molecule has 2 amide bonds. The van der Waals surface area contributed by atoms with Crippen LogP contribution in [0.15, 0.2) is 0 Å². The van der Waals surface area contributed by atoms with Gasteiger partial charge in [0.15, 0.2) is 0 Å². The Morgan fingerprint density at radius 2 is 1.65 bits per heavy atom. The maximum Gasteiger partial charge on any atom is 0.239 e. The highest BCUT2D eigenvalue weighted by atomic mass is 16.2. The number of rotatable bonds is 3. The van der Waals surface area contributed by atoms with Gasteiger partial charge in [-0.2, -0.15) is 0 Å². The SMILES string of the molecule is CC(=O)NCC(=O)NC1C(C)(C)C(N)C1(C)C. The summed E-state index contributed by atoms with van der Waals surface area (Å²) in [6, 6.07) is 0.0901. The largest absolute Gasteiger partial charge is 0.351 e. The quantitative estimate of drug-likeness (QED) is 0.650. The van der Waals surface area contributed by atoms with Crippen LogP contribution in [0.1, 0.15) is 34.6 Å². The van der Waals surface area contributed by atoms with E-state index < -0.39 is 0 Å². The summed E-state index contributed by atoms with van der Waals surface area (Å²) in [6.45, 7) is 9.60. The molecule has 0 atom stereocenters. The molecular weight excluding hydrogens is 218 g/mol. The van der Waals surface area contributed by atoms with Gasteiger partial charge in [-0.15, -0.1) is 0 Å². The zero-order valence-corrected chi connectivity index (χ0v) is 11.3. The van der Waals surface area contributed by atoms with Crippen LogP contribution in [0.4, 0.5) is 0 Å². The summed E-state index contributed by atoms with van der Waals surface area (Å²) in [5, 5.41) is 5.43. The van der Waals surface area contributed by atoms with Crippen molar-refractivity contribution < 1.29 is 9.59 Å². The minimum absolute atomic E-state index is 0.0211. The lowest BCUT2D eigenvalue weighted by Gasteiger charge is -2.62. The predicted molar refractivity (Wildman–Crippen MR) is 66.2 cm³/mol. The Kier molecular flexibility index (Phi) is 3.52. The van der Waals surface area contributed by atoms with Gasteiger partial charge in [-0.1, -0.05) is 27.7 Å². The van der Waals surface area contributed by atoms with Crippen LogP contribution in [0, 0.1) is 10.8 Å². The fourth-order valence-electron chi connectivity index (χ4n) is 2.97. The maximum atomic E-state index is 11.7. The van der Waals surface area contributed by atoms with Crippen LogP contribution >= 0.6 is 0 Å². The van der Waals surface area contributed by atoms with Crippen molar-refractivity contribution >= 4 is 11.8 Å². The lowest BCUT2D eigenvalue weighted by Crippen LogP contribution is -2.76. The maximum absolute atomic E-state index is 11.7. The Balaban J connectivity index is 2.57. The van der Waals surface area contributed by atoms with E-state index in [0.717, 1.165) is 0 Å². The lowest BCUT2D eigenvalue weighted by molar-refractivity contribution is -0.133. The molecule has 0 spiro atoms. The van der Waals surface area contributed by atoms with Crippen molar-refractivity contribution in [3.63, 3.8) is 0 Å². The van der Waals surface area contributed by atoms with Crippen LogP contribution in [-0.4, -0.2) is 30.4 Å². The summed E-state index contributed by atoms with van der Waals surface area (Å²) in [7, 11) is 0. The van der Waals surface area contributed by atoms with Gasteiger partial charge in [-0.05, 0) is 0 Å². The van der Waals surface area contributed by atoms with Gasteiger partial charge in [0.05, 0.1) is 6.54 Å². The number of carbonyl (C=O) groups excluding carboxylic acids is 2. The summed E-state index contributed by atoms with van der Waals surface area (Å²) in [4.78, 5) is 22.4. The van der Waals surface area contributed by atoms with E-state index in [1.165, 1.54) is 6.92 Å². The highest BCUT2D eigenvalue weighted by Crippen LogP contribution is 2.52. The molecule has 1 rings (SSSR count). The average Bonchev–Trinajstić information content (AvgIpc) is 2.21. The van der Waals surface area contributed by atoms with E-state index in [0.29, 0.717) is 0 Å². The molecule has 1 saturated carbocycles. The van der Waals surface area contributed by atoms with Crippen molar-refractivity contribution in [1.29, 1.82) is 0 Å². The van der Waals surface area contributed by atoms with Crippen molar-refractivity contribution in [2.45, 2.75) is 46.7 Å². The Bertz CT molecular complexity index is 321. The molecule has 0 heterocycles. The first-order valence-electron chi connectivity index (χ1n) is 5.89. The number of amides is 2. The molecule has 1 aliphatic rings. The molecule has 5 nitrogen and oxygen atoms in total. The minimum Gasteiger partial charge on any atom is -0.351 e. The topological polar surface area (TPSA) is 84.2 Å². The third-order valence-corrected chi connectivity index (χ3v) is 3.89. The minimum atomic E-state index is -0.205. The summed E-state index contributed by atoms with van der Waals surface area (Å²) in [5.74, 6) is -0.373. The second-order valence-corrected chi connectivity index (χ2v) is 6.03. The second kappa shape index (κ2) is 4.29. The summed E-state index contributed by atoms with van der Waals surface area (Å²) >= 11 is 0. The number of hydrogen-bond acceptors (Lipinski definition) is 3. The highest BCUT2D eigenvalue weighted by Gasteiger charge is 2.60. The smallest absolute Gasteiger partial charge is 0.239 e. The highest BCUT2D eigenvalue weighted by molar-refractivity contribution is 5.84. The molecule has 0 unspecified atom stereocenters. The molecule has 0 aromatic heterocycles. The summed E-state index contributed by atoms with van der Waals surface area (Å²) in [5.41, 5.74) is 5.87. The molecule has 17 heavy (non-hydrogen) atoms. The van der Waals surface area contributed by atoms with Gasteiger partial charge in [-0.3, -0.25) is 9.59 Å². The zero-order chi connectivity index (χ0) is 13.4. The Labute approximate surface area is 103 Å². The van der Waals surface area contributed by atoms with Crippen molar-refractivity contribution in [2.24, 2.45) is 16.6 Å². The predicted octanol–water partition coefficient (Wildman–Crippen LogP) is 0.000600. The normalized spacial score (nSPS) is 29.1. The molecule has 0 aromatic carbocycles. The molecule has 0 bridgehead atoms. The van der Waals surface area contributed by atoms with E-state index >= 15 is 0 Å². The molecule has 1 aliphatic carbocycles. The van der Waals surface area contributed by atoms with Crippen LogP contribution in [0.2, 0.25) is 0 Å². The number of nitrogens with one attached hydrogen (secondary N) is 2. The Morgan fingerprint density at radius 3 is 2.06 bits per heavy atom. The van der Waals surface area contributed by atoms with Gasteiger partial charge >= 0.3 is 0 Å². The number of nitrogens with two attached hydrogens (primary N) is 1. The fourth-order valence-corrected chi connectivity index (χ4v) is 2.97. The number of hydrogen-bond donors (Lipinski definition) is 3. The Morgan fingerprint density at radius 1 is 1.18 bits per heavy atom. The van der Waals surface area contributed by atoms with Crippen molar-refractivity contribution in [3.8, 4) is 0 Å². The van der Waals surface area contributed by atoms with Crippen LogP contribution in [0.3, 0.4) is 0 Å². The lowest BCUT2D eigenvalue weighted by atomic mass is 9.48. The molecule has 0 radical (unpaired) electrons. The zero-order valence-electron chi connectivity index (χ0n) is 11.3. The molecule has 4 N–H and O–H groups in total. The monoisotopic (exact) mass is 241 g/mol. The van der Waals surface area contributed by atoms with Gasteiger partial charge in [0, 0.05) is 29.8 Å². The standard InChI is InChI=1S/C12H23N3O2/c1-7(16)14-6-8(17)15-10-11(2,3)9(13)12(10,4)5/h9-10H,6,13H2,1-5H3,(H,14,16)(H,15,17). The fraction of sp³-hybridized carbons (Fsp3) is 0.833. The first-order chi connectivity index (χ1) is 7.60. The van der Waals surface area contributed by atoms with Gasteiger partial charge in [0.2, 0.25) is 11.8 Å². The first kappa shape index (κ1) is 14.0. The van der Waals surface area contributed by atoms with Gasteiger partial charge < -0.3 is 16.4 Å². The van der Waals surface area contributed by atoms with Gasteiger partial charge in [0.1, 0.15) is 0 Å². The molecular formula is C12H23N3O2. The number of carbonyl (C=O) groups is 2. The van der Waals surface area contributed by atoms with E-state index in [1.54, 1.807) is 0 Å². The molecule has 5 heteroatoms. The van der Waals surface area contributed by atoms with E-state index in [1.807, 2.05) is 27.7 Å². The van der Waals surface area contributed by atoms with Crippen LogP contribution in [0.5, 0.6) is 0 Å². The molecule has 98 valence electrons. The van der Waals surface area contributed by atoms with Crippen LogP contribution in [-0.2, 0) is 9.59 Å². The van der Waals surface area contributed by atoms with Gasteiger partial charge in [-0.25, -0.2) is 0 Å². The van der Waals surface area contributed by atoms with Gasteiger partial charge in [0.25, 0.3) is 0 Å². The second-order valence-electron chi connectivity index (χ2n) is 6.03. The third-order valence-electron chi connectivity index (χ3n) is 3.89. The summed E-state index contributed by atoms with van der Waals surface area (Å²) < 4.78 is 0. The van der Waals surface area contributed by atoms with Crippen LogP contribution < -0.4 is 16.4 Å². The van der Waals surface area contributed by atoms with Crippen molar-refractivity contribution in [2.75, 3.05) is 6.54 Å². The first-order valence-corrected chi connectivity index (χ1v) is 5.89. The van der Waals surface area contributed by atoms with Crippen molar-refractivity contribution in [1.82, 2.24) is 10.6 Å². The van der Waals surface area contributed by atoms with E-state index in [4.69, 9.17) is 5.73 Å². The average molecular weight is 241 g/mol. The third kappa shape index (κ3) is 2.44.